The average Bonchev–Trinajstić information content (AvgIpc) is 2.18. The molecule has 0 aliphatic rings. The number of ether oxygens (including phenoxy) is 2. The molecular formula is C10H14FNO2. The molecule has 0 atom stereocenters. The third kappa shape index (κ3) is 2.68. The second-order valence-electron chi connectivity index (χ2n) is 2.83. The number of halogens is 1. The summed E-state index contributed by atoms with van der Waals surface area (Å²) in [4.78, 5) is 1.66. The average molecular weight is 199 g/mol. The van der Waals surface area contributed by atoms with E-state index in [1.165, 1.54) is 6.07 Å². The summed E-state index contributed by atoms with van der Waals surface area (Å²) < 4.78 is 23.2. The summed E-state index contributed by atoms with van der Waals surface area (Å²) in [7, 11) is 3.12. The number of nitrogens with zero attached hydrogens (tertiary/aromatic N) is 1. The number of hydrogen-bond acceptors (Lipinski definition) is 3. The van der Waals surface area contributed by atoms with Crippen LogP contribution >= 0.6 is 0 Å². The lowest BCUT2D eigenvalue weighted by atomic mass is 10.3. The van der Waals surface area contributed by atoms with Gasteiger partial charge in [0.1, 0.15) is 19.3 Å². The summed E-state index contributed by atoms with van der Waals surface area (Å²) in [5.41, 5.74) is 0.483. The van der Waals surface area contributed by atoms with E-state index in [4.69, 9.17) is 9.47 Å². The molecular weight excluding hydrogens is 185 g/mol. The third-order valence-corrected chi connectivity index (χ3v) is 1.76. The van der Waals surface area contributed by atoms with Gasteiger partial charge in [0.15, 0.2) is 0 Å². The minimum absolute atomic E-state index is 0.276. The van der Waals surface area contributed by atoms with Crippen molar-refractivity contribution in [1.29, 1.82) is 0 Å². The molecule has 0 amide bonds. The van der Waals surface area contributed by atoms with Crippen LogP contribution in [0, 0.1) is 5.82 Å². The van der Waals surface area contributed by atoms with Gasteiger partial charge in [-0.25, -0.2) is 4.39 Å². The number of hydrogen-bond donors (Lipinski definition) is 0. The summed E-state index contributed by atoms with van der Waals surface area (Å²) in [6, 6.07) is 6.52. The van der Waals surface area contributed by atoms with Crippen LogP contribution in [-0.2, 0) is 9.47 Å². The fourth-order valence-electron chi connectivity index (χ4n) is 1.20. The molecule has 78 valence electrons. The van der Waals surface area contributed by atoms with E-state index >= 15 is 0 Å². The number of rotatable bonds is 5. The van der Waals surface area contributed by atoms with Crippen LogP contribution in [0.4, 0.5) is 10.1 Å². The molecule has 0 aromatic heterocycles. The molecule has 0 fully saturated rings. The largest absolute Gasteiger partial charge is 0.364 e. The van der Waals surface area contributed by atoms with Crippen LogP contribution < -0.4 is 4.90 Å². The van der Waals surface area contributed by atoms with Crippen molar-refractivity contribution in [3.05, 3.63) is 30.1 Å². The minimum atomic E-state index is -0.276. The molecule has 0 saturated carbocycles. The van der Waals surface area contributed by atoms with Gasteiger partial charge in [0.25, 0.3) is 0 Å². The van der Waals surface area contributed by atoms with E-state index in [1.54, 1.807) is 37.3 Å². The molecule has 0 radical (unpaired) electrons. The Balaban J connectivity index is 2.81. The maximum atomic E-state index is 13.3. The Morgan fingerprint density at radius 1 is 1.14 bits per heavy atom. The van der Waals surface area contributed by atoms with Crippen LogP contribution in [0.3, 0.4) is 0 Å². The molecule has 0 N–H and O–H groups in total. The van der Waals surface area contributed by atoms with Gasteiger partial charge < -0.3 is 14.4 Å². The number of methoxy groups -OCH3 is 2. The first kappa shape index (κ1) is 10.9. The predicted molar refractivity (Wildman–Crippen MR) is 52.6 cm³/mol. The molecule has 0 spiro atoms. The van der Waals surface area contributed by atoms with Gasteiger partial charge in [-0.05, 0) is 12.1 Å². The van der Waals surface area contributed by atoms with Crippen molar-refractivity contribution < 1.29 is 13.9 Å². The van der Waals surface area contributed by atoms with Crippen molar-refractivity contribution in [3.8, 4) is 0 Å². The fourth-order valence-corrected chi connectivity index (χ4v) is 1.20. The molecule has 0 unspecified atom stereocenters. The molecule has 0 heterocycles. The molecule has 3 nitrogen and oxygen atoms in total. The van der Waals surface area contributed by atoms with Crippen molar-refractivity contribution >= 4 is 5.69 Å². The van der Waals surface area contributed by atoms with Crippen LogP contribution in [-0.4, -0.2) is 27.7 Å². The normalized spacial score (nSPS) is 10.2. The Kier molecular flexibility index (Phi) is 4.35. The topological polar surface area (TPSA) is 21.7 Å². The Morgan fingerprint density at radius 2 is 1.71 bits per heavy atom. The van der Waals surface area contributed by atoms with Crippen LogP contribution in [0.25, 0.3) is 0 Å². The summed E-state index contributed by atoms with van der Waals surface area (Å²) in [6.45, 7) is 0.601. The van der Waals surface area contributed by atoms with Gasteiger partial charge in [0.05, 0.1) is 5.69 Å². The second-order valence-corrected chi connectivity index (χ2v) is 2.83. The van der Waals surface area contributed by atoms with E-state index in [9.17, 15) is 4.39 Å². The standard InChI is InChI=1S/C10H14FNO2/c1-13-7-12(8-14-2)10-6-4-3-5-9(10)11/h3-6H,7-8H2,1-2H3. The Labute approximate surface area is 83.0 Å². The number of benzene rings is 1. The van der Waals surface area contributed by atoms with E-state index < -0.39 is 0 Å². The molecule has 1 aromatic rings. The number of para-hydroxylation sites is 1. The maximum absolute atomic E-state index is 13.3. The Bertz CT molecular complexity index is 275. The second kappa shape index (κ2) is 5.57. The van der Waals surface area contributed by atoms with Gasteiger partial charge in [0, 0.05) is 14.2 Å². The van der Waals surface area contributed by atoms with E-state index in [2.05, 4.69) is 0 Å². The first-order valence-electron chi connectivity index (χ1n) is 4.27. The van der Waals surface area contributed by atoms with E-state index in [0.29, 0.717) is 19.1 Å². The van der Waals surface area contributed by atoms with Crippen molar-refractivity contribution in [2.24, 2.45) is 0 Å². The first-order chi connectivity index (χ1) is 6.79. The molecule has 1 rings (SSSR count). The zero-order valence-electron chi connectivity index (χ0n) is 8.37. The highest BCUT2D eigenvalue weighted by atomic mass is 19.1. The van der Waals surface area contributed by atoms with Gasteiger partial charge >= 0.3 is 0 Å². The van der Waals surface area contributed by atoms with Crippen LogP contribution in [0.2, 0.25) is 0 Å². The van der Waals surface area contributed by atoms with Gasteiger partial charge in [-0.15, -0.1) is 0 Å². The quantitative estimate of drug-likeness (QED) is 0.675. The van der Waals surface area contributed by atoms with Gasteiger partial charge in [-0.1, -0.05) is 12.1 Å². The zero-order chi connectivity index (χ0) is 10.4. The van der Waals surface area contributed by atoms with Gasteiger partial charge in [-0.3, -0.25) is 0 Å². The molecule has 14 heavy (non-hydrogen) atoms. The lowest BCUT2D eigenvalue weighted by molar-refractivity contribution is 0.139. The summed E-state index contributed by atoms with van der Waals surface area (Å²) in [5, 5.41) is 0. The highest BCUT2D eigenvalue weighted by molar-refractivity contribution is 5.46. The van der Waals surface area contributed by atoms with Crippen LogP contribution in [0.15, 0.2) is 24.3 Å². The molecule has 0 bridgehead atoms. The molecule has 0 aliphatic heterocycles. The Morgan fingerprint density at radius 3 is 2.21 bits per heavy atom. The van der Waals surface area contributed by atoms with Gasteiger partial charge in [-0.2, -0.15) is 0 Å². The van der Waals surface area contributed by atoms with Crippen molar-refractivity contribution in [1.82, 2.24) is 0 Å². The summed E-state index contributed by atoms with van der Waals surface area (Å²) in [6.07, 6.45) is 0. The minimum Gasteiger partial charge on any atom is -0.364 e. The highest BCUT2D eigenvalue weighted by Gasteiger charge is 2.09. The Hall–Kier alpha value is -1.13. The predicted octanol–water partition coefficient (Wildman–Crippen LogP) is 1.84. The third-order valence-electron chi connectivity index (χ3n) is 1.76. The van der Waals surface area contributed by atoms with Crippen molar-refractivity contribution in [3.63, 3.8) is 0 Å². The van der Waals surface area contributed by atoms with E-state index in [1.807, 2.05) is 0 Å². The van der Waals surface area contributed by atoms with Crippen molar-refractivity contribution in [2.75, 3.05) is 32.6 Å². The molecule has 0 aliphatic carbocycles. The smallest absolute Gasteiger partial charge is 0.146 e. The monoisotopic (exact) mass is 199 g/mol. The lowest BCUT2D eigenvalue weighted by Crippen LogP contribution is -2.28. The van der Waals surface area contributed by atoms with Gasteiger partial charge in [0.2, 0.25) is 0 Å². The maximum Gasteiger partial charge on any atom is 0.146 e. The first-order valence-corrected chi connectivity index (χ1v) is 4.27. The molecule has 4 heteroatoms. The highest BCUT2D eigenvalue weighted by Crippen LogP contribution is 2.17. The SMILES string of the molecule is COCN(COC)c1ccccc1F. The van der Waals surface area contributed by atoms with Crippen molar-refractivity contribution in [2.45, 2.75) is 0 Å². The zero-order valence-corrected chi connectivity index (χ0v) is 8.37. The summed E-state index contributed by atoms with van der Waals surface area (Å²) >= 11 is 0. The fraction of sp³-hybridized carbons (Fsp3) is 0.400. The van der Waals surface area contributed by atoms with E-state index in [0.717, 1.165) is 0 Å². The molecule has 1 aromatic carbocycles. The summed E-state index contributed by atoms with van der Waals surface area (Å²) in [5.74, 6) is -0.276. The molecule has 0 saturated heterocycles. The van der Waals surface area contributed by atoms with Crippen LogP contribution in [0.5, 0.6) is 0 Å². The van der Waals surface area contributed by atoms with E-state index in [-0.39, 0.29) is 5.82 Å². The van der Waals surface area contributed by atoms with Crippen LogP contribution in [0.1, 0.15) is 0 Å². The lowest BCUT2D eigenvalue weighted by Gasteiger charge is -2.22. The number of anilines is 1.